The first-order valence-corrected chi connectivity index (χ1v) is 10.6. The van der Waals surface area contributed by atoms with Gasteiger partial charge >= 0.3 is 11.8 Å². The monoisotopic (exact) mass is 485 g/mol. The molecule has 0 radical (unpaired) electrons. The molecule has 0 heterocycles. The average molecular weight is 486 g/mol. The average Bonchev–Trinajstić information content (AvgIpc) is 2.81. The Bertz CT molecular complexity index is 1180. The van der Waals surface area contributed by atoms with Gasteiger partial charge in [-0.25, -0.2) is 5.43 Å². The van der Waals surface area contributed by atoms with Crippen LogP contribution in [-0.4, -0.2) is 25.1 Å². The largest absolute Gasteiger partial charge is 0.493 e. The number of anilines is 1. The molecule has 7 nitrogen and oxygen atoms in total. The van der Waals surface area contributed by atoms with E-state index >= 15 is 0 Å². The van der Waals surface area contributed by atoms with Gasteiger partial charge in [0.15, 0.2) is 11.5 Å². The summed E-state index contributed by atoms with van der Waals surface area (Å²) in [6.07, 6.45) is 1.39. The Balaban J connectivity index is 1.57. The van der Waals surface area contributed by atoms with E-state index in [4.69, 9.17) is 32.7 Å². The summed E-state index contributed by atoms with van der Waals surface area (Å²) in [5, 5.41) is 7.48. The Hall–Kier alpha value is -3.55. The van der Waals surface area contributed by atoms with E-state index in [-0.39, 0.29) is 0 Å². The first kappa shape index (κ1) is 24.1. The fourth-order valence-corrected chi connectivity index (χ4v) is 3.06. The lowest BCUT2D eigenvalue weighted by Gasteiger charge is -2.11. The van der Waals surface area contributed by atoms with Gasteiger partial charge in [0.25, 0.3) is 0 Å². The summed E-state index contributed by atoms with van der Waals surface area (Å²) in [4.78, 5) is 24.1. The molecule has 3 rings (SSSR count). The summed E-state index contributed by atoms with van der Waals surface area (Å²) in [7, 11) is 1.52. The Morgan fingerprint density at radius 2 is 1.76 bits per heavy atom. The normalized spacial score (nSPS) is 10.7. The lowest BCUT2D eigenvalue weighted by atomic mass is 10.2. The molecule has 0 saturated heterocycles. The highest BCUT2D eigenvalue weighted by molar-refractivity contribution is 6.40. The number of ether oxygens (including phenoxy) is 2. The third-order valence-electron chi connectivity index (χ3n) is 4.60. The predicted octanol–water partition coefficient (Wildman–Crippen LogP) is 4.98. The van der Waals surface area contributed by atoms with Gasteiger partial charge in [-0.2, -0.15) is 5.10 Å². The number of carbonyl (C=O) groups excluding carboxylic acids is 2. The number of carbonyl (C=O) groups is 2. The molecule has 0 bridgehead atoms. The van der Waals surface area contributed by atoms with Gasteiger partial charge in [-0.15, -0.1) is 0 Å². The molecule has 0 aromatic heterocycles. The number of hydrazone groups is 1. The molecule has 0 aliphatic rings. The van der Waals surface area contributed by atoms with Crippen LogP contribution in [0.15, 0.2) is 65.8 Å². The maximum atomic E-state index is 12.1. The van der Waals surface area contributed by atoms with E-state index in [0.717, 1.165) is 5.56 Å². The van der Waals surface area contributed by atoms with Crippen LogP contribution in [0.25, 0.3) is 0 Å². The molecular formula is C24H21Cl2N3O4. The second kappa shape index (κ2) is 11.4. The predicted molar refractivity (Wildman–Crippen MR) is 129 cm³/mol. The van der Waals surface area contributed by atoms with Crippen molar-refractivity contribution in [1.82, 2.24) is 5.43 Å². The molecule has 3 aromatic carbocycles. The summed E-state index contributed by atoms with van der Waals surface area (Å²) < 4.78 is 11.2. The van der Waals surface area contributed by atoms with Crippen LogP contribution in [0.5, 0.6) is 11.5 Å². The third-order valence-corrected chi connectivity index (χ3v) is 5.26. The van der Waals surface area contributed by atoms with E-state index in [9.17, 15) is 9.59 Å². The van der Waals surface area contributed by atoms with E-state index in [1.165, 1.54) is 13.3 Å². The standard InChI is InChI=1S/C24H21Cl2N3O4/c1-15-19(26)4-3-5-20(15)28-23(30)24(31)29-27-13-17-8-11-21(22(12-17)32-2)33-14-16-6-9-18(25)10-7-16/h3-13H,14H2,1-2H3,(H,28,30)(H,29,31). The van der Waals surface area contributed by atoms with Crippen molar-refractivity contribution in [2.45, 2.75) is 13.5 Å². The highest BCUT2D eigenvalue weighted by atomic mass is 35.5. The van der Waals surface area contributed by atoms with Gasteiger partial charge in [0, 0.05) is 15.7 Å². The number of amides is 2. The first-order valence-electron chi connectivity index (χ1n) is 9.82. The van der Waals surface area contributed by atoms with E-state index in [1.807, 2.05) is 12.1 Å². The topological polar surface area (TPSA) is 89.0 Å². The molecule has 170 valence electrons. The number of nitrogens with one attached hydrogen (secondary N) is 2. The smallest absolute Gasteiger partial charge is 0.329 e. The molecule has 0 saturated carbocycles. The third kappa shape index (κ3) is 6.71. The lowest BCUT2D eigenvalue weighted by Crippen LogP contribution is -2.32. The summed E-state index contributed by atoms with van der Waals surface area (Å²) in [6, 6.07) is 17.5. The van der Waals surface area contributed by atoms with Crippen molar-refractivity contribution in [2.75, 3.05) is 12.4 Å². The molecule has 3 aromatic rings. The second-order valence-corrected chi connectivity index (χ2v) is 7.73. The van der Waals surface area contributed by atoms with Gasteiger partial charge in [-0.05, 0) is 66.1 Å². The van der Waals surface area contributed by atoms with Crippen molar-refractivity contribution in [3.05, 3.63) is 87.4 Å². The van der Waals surface area contributed by atoms with E-state index in [0.29, 0.717) is 45.0 Å². The minimum absolute atomic E-state index is 0.345. The molecule has 33 heavy (non-hydrogen) atoms. The molecule has 0 fully saturated rings. The molecule has 0 spiro atoms. The van der Waals surface area contributed by atoms with E-state index in [1.54, 1.807) is 55.5 Å². The molecule has 2 N–H and O–H groups in total. The molecule has 0 unspecified atom stereocenters. The van der Waals surface area contributed by atoms with Crippen molar-refractivity contribution in [2.24, 2.45) is 5.10 Å². The van der Waals surface area contributed by atoms with Crippen LogP contribution in [0, 0.1) is 6.92 Å². The fourth-order valence-electron chi connectivity index (χ4n) is 2.76. The Kier molecular flexibility index (Phi) is 8.29. The molecule has 0 aliphatic heterocycles. The SMILES string of the molecule is COc1cc(C=NNC(=O)C(=O)Nc2cccc(Cl)c2C)ccc1OCc1ccc(Cl)cc1. The van der Waals surface area contributed by atoms with E-state index in [2.05, 4.69) is 15.8 Å². The highest BCUT2D eigenvalue weighted by Gasteiger charge is 2.14. The number of methoxy groups -OCH3 is 1. The van der Waals surface area contributed by atoms with Crippen LogP contribution in [0.3, 0.4) is 0 Å². The Morgan fingerprint density at radius 1 is 1.00 bits per heavy atom. The molecule has 2 amide bonds. The van der Waals surface area contributed by atoms with Crippen LogP contribution >= 0.6 is 23.2 Å². The Labute approximate surface area is 201 Å². The minimum Gasteiger partial charge on any atom is -0.493 e. The maximum absolute atomic E-state index is 12.1. The lowest BCUT2D eigenvalue weighted by molar-refractivity contribution is -0.136. The van der Waals surface area contributed by atoms with Gasteiger partial charge in [0.1, 0.15) is 6.61 Å². The summed E-state index contributed by atoms with van der Waals surface area (Å²) in [6.45, 7) is 2.09. The van der Waals surface area contributed by atoms with Crippen molar-refractivity contribution in [1.29, 1.82) is 0 Å². The number of hydrogen-bond acceptors (Lipinski definition) is 5. The van der Waals surface area contributed by atoms with Crippen LogP contribution in [0.1, 0.15) is 16.7 Å². The van der Waals surface area contributed by atoms with Crippen LogP contribution in [-0.2, 0) is 16.2 Å². The van der Waals surface area contributed by atoms with Crippen molar-refractivity contribution >= 4 is 46.9 Å². The molecule has 0 atom stereocenters. The summed E-state index contributed by atoms with van der Waals surface area (Å²) in [5.74, 6) is -0.736. The molecular weight excluding hydrogens is 465 g/mol. The van der Waals surface area contributed by atoms with Crippen molar-refractivity contribution < 1.29 is 19.1 Å². The van der Waals surface area contributed by atoms with Gasteiger partial charge in [0.05, 0.1) is 13.3 Å². The Morgan fingerprint density at radius 3 is 2.48 bits per heavy atom. The quantitative estimate of drug-likeness (QED) is 0.280. The zero-order valence-corrected chi connectivity index (χ0v) is 19.4. The number of halogens is 2. The zero-order chi connectivity index (χ0) is 23.8. The van der Waals surface area contributed by atoms with Gasteiger partial charge < -0.3 is 14.8 Å². The van der Waals surface area contributed by atoms with Crippen molar-refractivity contribution in [3.8, 4) is 11.5 Å². The molecule has 9 heteroatoms. The molecule has 0 aliphatic carbocycles. The summed E-state index contributed by atoms with van der Waals surface area (Å²) >= 11 is 11.9. The number of benzene rings is 3. The van der Waals surface area contributed by atoms with Crippen LogP contribution < -0.4 is 20.2 Å². The van der Waals surface area contributed by atoms with Crippen LogP contribution in [0.4, 0.5) is 5.69 Å². The number of rotatable bonds is 7. The van der Waals surface area contributed by atoms with Crippen molar-refractivity contribution in [3.63, 3.8) is 0 Å². The van der Waals surface area contributed by atoms with E-state index < -0.39 is 11.8 Å². The summed E-state index contributed by atoms with van der Waals surface area (Å²) in [5.41, 5.74) is 4.90. The number of hydrogen-bond donors (Lipinski definition) is 2. The zero-order valence-electron chi connectivity index (χ0n) is 17.9. The van der Waals surface area contributed by atoms with Gasteiger partial charge in [0.2, 0.25) is 0 Å². The van der Waals surface area contributed by atoms with Gasteiger partial charge in [-0.3, -0.25) is 9.59 Å². The number of nitrogens with zero attached hydrogens (tertiary/aromatic N) is 1. The fraction of sp³-hybridized carbons (Fsp3) is 0.125. The van der Waals surface area contributed by atoms with Gasteiger partial charge in [-0.1, -0.05) is 41.4 Å². The minimum atomic E-state index is -0.916. The second-order valence-electron chi connectivity index (χ2n) is 6.89. The maximum Gasteiger partial charge on any atom is 0.329 e. The van der Waals surface area contributed by atoms with Crippen LogP contribution in [0.2, 0.25) is 10.0 Å². The highest BCUT2D eigenvalue weighted by Crippen LogP contribution is 2.28. The first-order chi connectivity index (χ1) is 15.9.